The van der Waals surface area contributed by atoms with Gasteiger partial charge in [-0.25, -0.2) is 4.79 Å². The van der Waals surface area contributed by atoms with Crippen molar-refractivity contribution in [1.82, 2.24) is 14.9 Å². The summed E-state index contributed by atoms with van der Waals surface area (Å²) in [7, 11) is 0. The van der Waals surface area contributed by atoms with Gasteiger partial charge in [0.2, 0.25) is 5.91 Å². The van der Waals surface area contributed by atoms with Gasteiger partial charge in [0.25, 0.3) is 0 Å². The van der Waals surface area contributed by atoms with Crippen LogP contribution < -0.4 is 11.0 Å². The number of aryl methyl sites for hydroxylation is 1. The number of imidazole rings is 1. The molecule has 0 fully saturated rings. The van der Waals surface area contributed by atoms with Crippen molar-refractivity contribution in [3.8, 4) is 0 Å². The van der Waals surface area contributed by atoms with Gasteiger partial charge in [-0.2, -0.15) is 0 Å². The van der Waals surface area contributed by atoms with E-state index < -0.39 is 0 Å². The van der Waals surface area contributed by atoms with E-state index in [4.69, 9.17) is 0 Å². The minimum absolute atomic E-state index is 0.00212. The lowest BCUT2D eigenvalue weighted by atomic mass is 9.92. The number of amides is 1. The second kappa shape index (κ2) is 6.16. The molecule has 1 aromatic heterocycles. The van der Waals surface area contributed by atoms with E-state index in [9.17, 15) is 9.59 Å². The zero-order chi connectivity index (χ0) is 15.5. The second-order valence-electron chi connectivity index (χ2n) is 6.54. The van der Waals surface area contributed by atoms with Gasteiger partial charge in [0.15, 0.2) is 0 Å². The number of carbonyl (C=O) groups excluding carboxylic acids is 1. The van der Waals surface area contributed by atoms with Crippen LogP contribution in [0.5, 0.6) is 0 Å². The maximum Gasteiger partial charge on any atom is 0.326 e. The quantitative estimate of drug-likeness (QED) is 0.829. The Bertz CT molecular complexity index is 677. The van der Waals surface area contributed by atoms with Crippen molar-refractivity contribution in [2.75, 3.05) is 6.54 Å². The summed E-state index contributed by atoms with van der Waals surface area (Å²) in [4.78, 5) is 26.4. The first-order valence-corrected chi connectivity index (χ1v) is 7.31. The molecule has 2 N–H and O–H groups in total. The highest BCUT2D eigenvalue weighted by Gasteiger charge is 2.15. The van der Waals surface area contributed by atoms with E-state index in [0.29, 0.717) is 19.5 Å². The summed E-state index contributed by atoms with van der Waals surface area (Å²) < 4.78 is 1.71. The van der Waals surface area contributed by atoms with Crippen LogP contribution >= 0.6 is 0 Å². The largest absolute Gasteiger partial charge is 0.356 e. The summed E-state index contributed by atoms with van der Waals surface area (Å²) in [6, 6.07) is 7.62. The Balaban J connectivity index is 1.87. The number of benzene rings is 1. The second-order valence-corrected chi connectivity index (χ2v) is 6.54. The Hall–Kier alpha value is -2.04. The number of nitrogens with zero attached hydrogens (tertiary/aromatic N) is 1. The van der Waals surface area contributed by atoms with E-state index in [-0.39, 0.29) is 17.0 Å². The third-order valence-electron chi connectivity index (χ3n) is 3.25. The third-order valence-corrected chi connectivity index (χ3v) is 3.25. The number of rotatable bonds is 5. The van der Waals surface area contributed by atoms with Crippen molar-refractivity contribution in [3.63, 3.8) is 0 Å². The van der Waals surface area contributed by atoms with Gasteiger partial charge in [0.05, 0.1) is 11.0 Å². The van der Waals surface area contributed by atoms with E-state index in [1.807, 2.05) is 45.0 Å². The van der Waals surface area contributed by atoms with Crippen molar-refractivity contribution in [2.45, 2.75) is 40.2 Å². The lowest BCUT2D eigenvalue weighted by molar-refractivity contribution is -0.122. The molecule has 114 valence electrons. The molecular weight excluding hydrogens is 266 g/mol. The first-order chi connectivity index (χ1) is 9.87. The van der Waals surface area contributed by atoms with Gasteiger partial charge >= 0.3 is 5.69 Å². The number of hydrogen-bond acceptors (Lipinski definition) is 2. The molecule has 1 heterocycles. The summed E-state index contributed by atoms with van der Waals surface area (Å²) in [5, 5.41) is 2.90. The number of nitrogens with one attached hydrogen (secondary N) is 2. The summed E-state index contributed by atoms with van der Waals surface area (Å²) in [5.41, 5.74) is 1.65. The lowest BCUT2D eigenvalue weighted by Gasteiger charge is -2.17. The van der Waals surface area contributed by atoms with Crippen LogP contribution in [0.15, 0.2) is 29.1 Å². The molecule has 0 saturated heterocycles. The van der Waals surface area contributed by atoms with E-state index in [2.05, 4.69) is 10.3 Å². The van der Waals surface area contributed by atoms with Crippen LogP contribution in [0.2, 0.25) is 0 Å². The molecule has 5 heteroatoms. The first kappa shape index (κ1) is 15.4. The molecule has 5 nitrogen and oxygen atoms in total. The van der Waals surface area contributed by atoms with Crippen LogP contribution in [-0.4, -0.2) is 22.0 Å². The monoisotopic (exact) mass is 289 g/mol. The number of aromatic nitrogens is 2. The molecule has 0 radical (unpaired) electrons. The van der Waals surface area contributed by atoms with Gasteiger partial charge < -0.3 is 10.3 Å². The highest BCUT2D eigenvalue weighted by Crippen LogP contribution is 2.17. The fourth-order valence-corrected chi connectivity index (χ4v) is 2.34. The minimum atomic E-state index is -0.0998. The molecule has 0 aliphatic heterocycles. The fourth-order valence-electron chi connectivity index (χ4n) is 2.34. The van der Waals surface area contributed by atoms with Crippen molar-refractivity contribution >= 4 is 16.9 Å². The predicted octanol–water partition coefficient (Wildman–Crippen LogP) is 2.27. The molecule has 1 aromatic carbocycles. The average Bonchev–Trinajstić information content (AvgIpc) is 2.68. The van der Waals surface area contributed by atoms with Crippen LogP contribution in [-0.2, 0) is 11.3 Å². The highest BCUT2D eigenvalue weighted by atomic mass is 16.2. The molecule has 0 bridgehead atoms. The summed E-state index contributed by atoms with van der Waals surface area (Å²) in [6.07, 6.45) is 1.25. The normalized spacial score (nSPS) is 11.8. The SMILES string of the molecule is CC(C)(C)CC(=O)NCCCn1c(=O)[nH]c2ccccc21. The topological polar surface area (TPSA) is 66.9 Å². The number of hydrogen-bond donors (Lipinski definition) is 2. The Morgan fingerprint density at radius 2 is 2.00 bits per heavy atom. The van der Waals surface area contributed by atoms with Gasteiger partial charge in [-0.1, -0.05) is 32.9 Å². The Morgan fingerprint density at radius 1 is 1.29 bits per heavy atom. The summed E-state index contributed by atoms with van der Waals surface area (Å²) >= 11 is 0. The smallest absolute Gasteiger partial charge is 0.326 e. The Morgan fingerprint density at radius 3 is 2.71 bits per heavy atom. The van der Waals surface area contributed by atoms with Crippen LogP contribution in [0, 0.1) is 5.41 Å². The minimum Gasteiger partial charge on any atom is -0.356 e. The zero-order valence-electron chi connectivity index (χ0n) is 12.9. The number of para-hydroxylation sites is 2. The van der Waals surface area contributed by atoms with Crippen molar-refractivity contribution in [2.24, 2.45) is 5.41 Å². The molecule has 21 heavy (non-hydrogen) atoms. The van der Waals surface area contributed by atoms with Gasteiger partial charge in [-0.05, 0) is 24.0 Å². The average molecular weight is 289 g/mol. The molecule has 0 aliphatic rings. The van der Waals surface area contributed by atoms with E-state index in [1.165, 1.54) is 0 Å². The molecule has 0 unspecified atom stereocenters. The van der Waals surface area contributed by atoms with E-state index in [1.54, 1.807) is 4.57 Å². The van der Waals surface area contributed by atoms with Crippen LogP contribution in [0.4, 0.5) is 0 Å². The van der Waals surface area contributed by atoms with Crippen LogP contribution in [0.1, 0.15) is 33.6 Å². The number of fused-ring (bicyclic) bond motifs is 1. The van der Waals surface area contributed by atoms with Gasteiger partial charge in [0.1, 0.15) is 0 Å². The van der Waals surface area contributed by atoms with Gasteiger partial charge in [-0.3, -0.25) is 9.36 Å². The molecule has 0 aliphatic carbocycles. The number of H-pyrrole nitrogens is 1. The molecule has 2 aromatic rings. The Kier molecular flexibility index (Phi) is 4.50. The standard InChI is InChI=1S/C16H23N3O2/c1-16(2,3)11-14(20)17-9-6-10-19-13-8-5-4-7-12(13)18-15(19)21/h4-5,7-8H,6,9-11H2,1-3H3,(H,17,20)(H,18,21). The zero-order valence-corrected chi connectivity index (χ0v) is 12.9. The third kappa shape index (κ3) is 4.21. The van der Waals surface area contributed by atoms with Crippen LogP contribution in [0.3, 0.4) is 0 Å². The van der Waals surface area contributed by atoms with Gasteiger partial charge in [-0.15, -0.1) is 0 Å². The fraction of sp³-hybridized carbons (Fsp3) is 0.500. The maximum absolute atomic E-state index is 11.9. The van der Waals surface area contributed by atoms with Crippen molar-refractivity contribution in [3.05, 3.63) is 34.7 Å². The summed E-state index contributed by atoms with van der Waals surface area (Å²) in [5.74, 6) is 0.0637. The molecule has 1 amide bonds. The van der Waals surface area contributed by atoms with Crippen molar-refractivity contribution < 1.29 is 4.79 Å². The van der Waals surface area contributed by atoms with E-state index in [0.717, 1.165) is 17.5 Å². The lowest BCUT2D eigenvalue weighted by Crippen LogP contribution is -2.29. The molecule has 0 saturated carbocycles. The Labute approximate surface area is 124 Å². The van der Waals surface area contributed by atoms with E-state index >= 15 is 0 Å². The number of carbonyl (C=O) groups is 1. The predicted molar refractivity (Wildman–Crippen MR) is 84.3 cm³/mol. The van der Waals surface area contributed by atoms with Crippen molar-refractivity contribution in [1.29, 1.82) is 0 Å². The molecular formula is C16H23N3O2. The molecule has 0 atom stereocenters. The first-order valence-electron chi connectivity index (χ1n) is 7.31. The number of aromatic amines is 1. The molecule has 0 spiro atoms. The summed E-state index contributed by atoms with van der Waals surface area (Å²) in [6.45, 7) is 7.30. The molecule has 2 rings (SSSR count). The maximum atomic E-state index is 11.9. The van der Waals surface area contributed by atoms with Gasteiger partial charge in [0, 0.05) is 19.5 Å². The van der Waals surface area contributed by atoms with Crippen LogP contribution in [0.25, 0.3) is 11.0 Å². The highest BCUT2D eigenvalue weighted by molar-refractivity contribution is 5.76.